The van der Waals surface area contributed by atoms with Crippen LogP contribution < -0.4 is 9.80 Å². The van der Waals surface area contributed by atoms with Crippen LogP contribution >= 0.6 is 0 Å². The van der Waals surface area contributed by atoms with Crippen molar-refractivity contribution < 1.29 is 0 Å². The minimum Gasteiger partial charge on any atom is -0.338 e. The van der Waals surface area contributed by atoms with Crippen molar-refractivity contribution in [1.29, 1.82) is 0 Å². The van der Waals surface area contributed by atoms with Crippen LogP contribution in [0, 0.1) is 0 Å². The summed E-state index contributed by atoms with van der Waals surface area (Å²) in [6, 6.07) is 64.1. The molecule has 7 aliphatic rings. The predicted octanol–water partition coefficient (Wildman–Crippen LogP) is 19.1. The first-order valence-corrected chi connectivity index (χ1v) is 27.4. The second-order valence-corrected chi connectivity index (χ2v) is 21.1. The highest BCUT2D eigenvalue weighted by Gasteiger charge is 2.53. The van der Waals surface area contributed by atoms with Gasteiger partial charge in [0.15, 0.2) is 0 Å². The van der Waals surface area contributed by atoms with Crippen molar-refractivity contribution >= 4 is 28.3 Å². The van der Waals surface area contributed by atoms with E-state index in [0.29, 0.717) is 0 Å². The fraction of sp³-hybridized carbons (Fsp3) is 0.151. The molecule has 7 aromatic rings. The summed E-state index contributed by atoms with van der Waals surface area (Å²) in [6.07, 6.45) is 40.2. The second-order valence-electron chi connectivity index (χ2n) is 21.1. The molecule has 14 rings (SSSR count). The maximum Gasteiger partial charge on any atom is 0.0690 e. The summed E-state index contributed by atoms with van der Waals surface area (Å²) in [5.74, 6) is 0. The Hall–Kier alpha value is -8.46. The lowest BCUT2D eigenvalue weighted by atomic mass is 9.68. The summed E-state index contributed by atoms with van der Waals surface area (Å²) in [5, 5.41) is 0. The van der Waals surface area contributed by atoms with E-state index in [1.165, 1.54) is 100 Å². The van der Waals surface area contributed by atoms with Gasteiger partial charge in [-0.1, -0.05) is 194 Å². The zero-order valence-corrected chi connectivity index (χ0v) is 42.5. The van der Waals surface area contributed by atoms with Crippen LogP contribution in [0.15, 0.2) is 282 Å². The van der Waals surface area contributed by atoms with E-state index in [-0.39, 0.29) is 6.04 Å². The van der Waals surface area contributed by atoms with Crippen LogP contribution in [0.25, 0.3) is 39.0 Å². The number of benzene rings is 7. The Morgan fingerprint density at radius 3 is 1.55 bits per heavy atom. The summed E-state index contributed by atoms with van der Waals surface area (Å²) >= 11 is 0. The molecule has 0 bridgehead atoms. The van der Waals surface area contributed by atoms with Gasteiger partial charge < -0.3 is 9.80 Å². The van der Waals surface area contributed by atoms with Crippen LogP contribution in [-0.4, -0.2) is 6.04 Å². The SMILES string of the molecule is C1=CCCC(C2=CC=C(C3=CC=C(N(c4ccc5c(c4)C4(C6=C(C=CCC6)c6ccccc64)c4cc(N(c6ccc(-c7ccccc7)cc6)c6ccc(-c7ccccc7)cc6)ccc4-5)C4C=CC=CC4)CC3)CC2)=C1. The van der Waals surface area contributed by atoms with Crippen LogP contribution in [-0.2, 0) is 5.41 Å². The number of allylic oxidation sites excluding steroid dienone is 18. The number of fused-ring (bicyclic) bond motifs is 9. The van der Waals surface area contributed by atoms with Crippen molar-refractivity contribution in [3.05, 3.63) is 305 Å². The molecule has 0 N–H and O–H groups in total. The largest absolute Gasteiger partial charge is 0.338 e. The molecule has 362 valence electrons. The molecule has 0 radical (unpaired) electrons. The Labute approximate surface area is 443 Å². The van der Waals surface area contributed by atoms with E-state index >= 15 is 0 Å². The molecule has 2 unspecified atom stereocenters. The maximum atomic E-state index is 2.68. The van der Waals surface area contributed by atoms with E-state index in [4.69, 9.17) is 0 Å². The smallest absolute Gasteiger partial charge is 0.0690 e. The monoisotopic (exact) mass is 964 g/mol. The first-order chi connectivity index (χ1) is 37.2. The Kier molecular flexibility index (Phi) is 11.5. The lowest BCUT2D eigenvalue weighted by Gasteiger charge is -2.38. The molecule has 0 fully saturated rings. The van der Waals surface area contributed by atoms with E-state index in [1.54, 1.807) is 0 Å². The molecule has 0 aliphatic heterocycles. The van der Waals surface area contributed by atoms with E-state index in [0.717, 1.165) is 74.8 Å². The number of nitrogens with zero attached hydrogens (tertiary/aromatic N) is 2. The van der Waals surface area contributed by atoms with Gasteiger partial charge in [-0.05, 0) is 201 Å². The van der Waals surface area contributed by atoms with E-state index in [9.17, 15) is 0 Å². The molecule has 2 nitrogen and oxygen atoms in total. The molecule has 1 spiro atoms. The lowest BCUT2D eigenvalue weighted by Crippen LogP contribution is -2.35. The van der Waals surface area contributed by atoms with Gasteiger partial charge in [-0.3, -0.25) is 0 Å². The van der Waals surface area contributed by atoms with Crippen molar-refractivity contribution in [2.75, 3.05) is 9.80 Å². The van der Waals surface area contributed by atoms with Crippen molar-refractivity contribution in [3.63, 3.8) is 0 Å². The zero-order chi connectivity index (χ0) is 49.7. The molecule has 2 atom stereocenters. The third-order valence-corrected chi connectivity index (χ3v) is 17.1. The average molecular weight is 965 g/mol. The first-order valence-electron chi connectivity index (χ1n) is 27.4. The molecule has 2 heteroatoms. The van der Waals surface area contributed by atoms with Crippen LogP contribution in [0.5, 0.6) is 0 Å². The van der Waals surface area contributed by atoms with Crippen molar-refractivity contribution in [1.82, 2.24) is 0 Å². The van der Waals surface area contributed by atoms with Gasteiger partial charge in [0, 0.05) is 28.4 Å². The fourth-order valence-corrected chi connectivity index (χ4v) is 13.5. The highest BCUT2D eigenvalue weighted by Crippen LogP contribution is 2.65. The Morgan fingerprint density at radius 1 is 0.387 bits per heavy atom. The molecule has 0 saturated heterocycles. The summed E-state index contributed by atoms with van der Waals surface area (Å²) in [4.78, 5) is 5.15. The van der Waals surface area contributed by atoms with Gasteiger partial charge >= 0.3 is 0 Å². The minimum absolute atomic E-state index is 0.219. The molecule has 7 aliphatic carbocycles. The molecular formula is C73H60N2. The van der Waals surface area contributed by atoms with Gasteiger partial charge in [-0.2, -0.15) is 0 Å². The van der Waals surface area contributed by atoms with Gasteiger partial charge in [-0.15, -0.1) is 0 Å². The molecule has 0 amide bonds. The second kappa shape index (κ2) is 19.1. The highest BCUT2D eigenvalue weighted by atomic mass is 15.2. The van der Waals surface area contributed by atoms with Crippen LogP contribution in [0.1, 0.15) is 80.0 Å². The van der Waals surface area contributed by atoms with Gasteiger partial charge in [0.2, 0.25) is 0 Å². The van der Waals surface area contributed by atoms with Crippen LogP contribution in [0.3, 0.4) is 0 Å². The molecule has 0 aromatic heterocycles. The van der Waals surface area contributed by atoms with E-state index < -0.39 is 5.41 Å². The summed E-state index contributed by atoms with van der Waals surface area (Å²) < 4.78 is 0. The predicted molar refractivity (Wildman–Crippen MR) is 315 cm³/mol. The summed E-state index contributed by atoms with van der Waals surface area (Å²) in [5.41, 5.74) is 27.6. The fourth-order valence-electron chi connectivity index (χ4n) is 13.5. The van der Waals surface area contributed by atoms with Gasteiger partial charge in [0.1, 0.15) is 0 Å². The van der Waals surface area contributed by atoms with Crippen LogP contribution in [0.2, 0.25) is 0 Å². The quantitative estimate of drug-likeness (QED) is 0.135. The molecule has 0 saturated carbocycles. The van der Waals surface area contributed by atoms with Crippen LogP contribution in [0.4, 0.5) is 22.7 Å². The third-order valence-electron chi connectivity index (χ3n) is 17.1. The molecule has 75 heavy (non-hydrogen) atoms. The number of rotatable bonds is 10. The van der Waals surface area contributed by atoms with Crippen molar-refractivity contribution in [2.24, 2.45) is 0 Å². The summed E-state index contributed by atoms with van der Waals surface area (Å²) in [7, 11) is 0. The van der Waals surface area contributed by atoms with Gasteiger partial charge in [0.25, 0.3) is 0 Å². The topological polar surface area (TPSA) is 6.48 Å². The van der Waals surface area contributed by atoms with Crippen molar-refractivity contribution in [2.45, 2.75) is 69.2 Å². The first kappa shape index (κ1) is 45.2. The number of hydrogen-bond acceptors (Lipinski definition) is 2. The van der Waals surface area contributed by atoms with Crippen molar-refractivity contribution in [3.8, 4) is 33.4 Å². The van der Waals surface area contributed by atoms with Gasteiger partial charge in [0.05, 0.1) is 11.5 Å². The number of anilines is 4. The Balaban J connectivity index is 0.905. The van der Waals surface area contributed by atoms with E-state index in [2.05, 4.69) is 259 Å². The number of hydrogen-bond donors (Lipinski definition) is 0. The molecule has 0 heterocycles. The normalized spacial score (nSPS) is 19.8. The minimum atomic E-state index is -0.459. The zero-order valence-electron chi connectivity index (χ0n) is 42.5. The standard InChI is InChI=1S/C73H60N2/c1-5-17-51(18-6-1)54-29-31-55(32-30-54)58-37-43-60(44-38-58)74(59-23-11-4-12-24-59)63-45-47-67-68-48-46-64(50-72(68)73(71(67)49-63)69-27-15-13-25-65(69)66-26-14-16-28-70(66)73)75(61-39-33-56(34-40-61)52-19-7-2-8-20-52)62-41-35-57(36-42-62)53-21-9-3-10-22-53/h1-5,7-15,17,19-23,25-27,29,31,33-37,39-43,45-50,59H,6,16,18,24,28,30,32,38,44H2. The van der Waals surface area contributed by atoms with Gasteiger partial charge in [-0.25, -0.2) is 0 Å². The van der Waals surface area contributed by atoms with E-state index in [1.807, 2.05) is 0 Å². The summed E-state index contributed by atoms with van der Waals surface area (Å²) in [6.45, 7) is 0. The Morgan fingerprint density at radius 2 is 0.947 bits per heavy atom. The maximum absolute atomic E-state index is 2.68. The molecular weight excluding hydrogens is 905 g/mol. The Bertz CT molecular complexity index is 3630. The average Bonchev–Trinajstić information content (AvgIpc) is 4.01. The molecule has 7 aromatic carbocycles. The highest BCUT2D eigenvalue weighted by molar-refractivity contribution is 5.99. The lowest BCUT2D eigenvalue weighted by molar-refractivity contribution is 0.702. The third kappa shape index (κ3) is 7.85.